The lowest BCUT2D eigenvalue weighted by Crippen LogP contribution is -2.12. The molecule has 13 heavy (non-hydrogen) atoms. The van der Waals surface area contributed by atoms with Crippen LogP contribution in [0.5, 0.6) is 0 Å². The van der Waals surface area contributed by atoms with Crippen molar-refractivity contribution in [1.82, 2.24) is 6.15 Å². The fourth-order valence-electron chi connectivity index (χ4n) is 0.576. The average Bonchev–Trinajstić information content (AvgIpc) is 2.01. The lowest BCUT2D eigenvalue weighted by molar-refractivity contribution is 0.0468. The van der Waals surface area contributed by atoms with Crippen LogP contribution in [0.15, 0.2) is 0 Å². The van der Waals surface area contributed by atoms with Crippen molar-refractivity contribution in [2.75, 3.05) is 13.2 Å². The van der Waals surface area contributed by atoms with Crippen LogP contribution in [0.2, 0.25) is 0 Å². The van der Waals surface area contributed by atoms with Gasteiger partial charge in [0, 0.05) is 0 Å². The molecule has 0 fully saturated rings. The summed E-state index contributed by atoms with van der Waals surface area (Å²) < 4.78 is 9.56. The second kappa shape index (κ2) is 9.32. The van der Waals surface area contributed by atoms with Gasteiger partial charge in [-0.1, -0.05) is 27.2 Å². The maximum Gasteiger partial charge on any atom is 0.508 e. The van der Waals surface area contributed by atoms with E-state index in [4.69, 9.17) is 9.47 Å². The topological polar surface area (TPSA) is 70.5 Å². The Balaban J connectivity index is 0. The first-order valence-electron chi connectivity index (χ1n) is 4.46. The molecule has 0 bridgehead atoms. The summed E-state index contributed by atoms with van der Waals surface area (Å²) in [5, 5.41) is 0. The minimum absolute atomic E-state index is 0. The van der Waals surface area contributed by atoms with Crippen LogP contribution in [-0.4, -0.2) is 19.4 Å². The molecular formula is C9H21NO3. The van der Waals surface area contributed by atoms with E-state index >= 15 is 0 Å². The van der Waals surface area contributed by atoms with Crippen molar-refractivity contribution in [3.63, 3.8) is 0 Å². The van der Waals surface area contributed by atoms with Crippen molar-refractivity contribution < 1.29 is 14.3 Å². The molecule has 0 saturated carbocycles. The molecule has 0 aliphatic carbocycles. The fraction of sp³-hybridized carbons (Fsp3) is 0.889. The predicted molar refractivity (Wildman–Crippen MR) is 52.1 cm³/mol. The standard InChI is InChI=1S/C9H18O3.H3N/c1-4-5-6-11-9(10)12-7-8(2)3;/h8H,4-7H2,1-3H3;1H3. The molecule has 0 radical (unpaired) electrons. The van der Waals surface area contributed by atoms with Gasteiger partial charge in [0.05, 0.1) is 13.2 Å². The number of hydrogen-bond acceptors (Lipinski definition) is 4. The van der Waals surface area contributed by atoms with Gasteiger partial charge in [-0.25, -0.2) is 4.79 Å². The molecule has 0 saturated heterocycles. The Morgan fingerprint density at radius 3 is 2.38 bits per heavy atom. The monoisotopic (exact) mass is 191 g/mol. The summed E-state index contributed by atoms with van der Waals surface area (Å²) >= 11 is 0. The molecule has 0 rings (SSSR count). The smallest absolute Gasteiger partial charge is 0.434 e. The summed E-state index contributed by atoms with van der Waals surface area (Å²) in [5.41, 5.74) is 0. The first-order valence-corrected chi connectivity index (χ1v) is 4.46. The van der Waals surface area contributed by atoms with E-state index in [1.54, 1.807) is 0 Å². The zero-order valence-corrected chi connectivity index (χ0v) is 8.84. The Hall–Kier alpha value is -0.770. The second-order valence-corrected chi connectivity index (χ2v) is 3.16. The number of hydrogen-bond donors (Lipinski definition) is 1. The van der Waals surface area contributed by atoms with Gasteiger partial charge in [-0.15, -0.1) is 0 Å². The van der Waals surface area contributed by atoms with Gasteiger partial charge in [-0.2, -0.15) is 0 Å². The van der Waals surface area contributed by atoms with Gasteiger partial charge in [0.25, 0.3) is 0 Å². The van der Waals surface area contributed by atoms with Crippen molar-refractivity contribution in [2.24, 2.45) is 5.92 Å². The van der Waals surface area contributed by atoms with E-state index in [9.17, 15) is 4.79 Å². The highest BCUT2D eigenvalue weighted by Gasteiger charge is 2.03. The van der Waals surface area contributed by atoms with Crippen LogP contribution < -0.4 is 6.15 Å². The molecule has 0 spiro atoms. The van der Waals surface area contributed by atoms with Gasteiger partial charge < -0.3 is 15.6 Å². The lowest BCUT2D eigenvalue weighted by atomic mass is 10.2. The quantitative estimate of drug-likeness (QED) is 0.535. The molecular weight excluding hydrogens is 170 g/mol. The molecule has 0 aromatic rings. The molecule has 0 aromatic carbocycles. The summed E-state index contributed by atoms with van der Waals surface area (Å²) in [4.78, 5) is 10.8. The molecule has 4 heteroatoms. The lowest BCUT2D eigenvalue weighted by Gasteiger charge is -2.06. The molecule has 0 atom stereocenters. The summed E-state index contributed by atoms with van der Waals surface area (Å²) in [6, 6.07) is 0. The molecule has 4 nitrogen and oxygen atoms in total. The van der Waals surface area contributed by atoms with Gasteiger partial charge in [-0.3, -0.25) is 0 Å². The Kier molecular flexibility index (Phi) is 10.6. The molecule has 80 valence electrons. The van der Waals surface area contributed by atoms with E-state index in [-0.39, 0.29) is 6.15 Å². The van der Waals surface area contributed by atoms with Crippen molar-refractivity contribution in [3.8, 4) is 0 Å². The number of rotatable bonds is 5. The average molecular weight is 191 g/mol. The molecule has 0 amide bonds. The van der Waals surface area contributed by atoms with Crippen LogP contribution in [0, 0.1) is 5.92 Å². The van der Waals surface area contributed by atoms with E-state index in [1.165, 1.54) is 0 Å². The second-order valence-electron chi connectivity index (χ2n) is 3.16. The Labute approximate surface area is 80.2 Å². The number of carbonyl (C=O) groups is 1. The maximum atomic E-state index is 10.8. The summed E-state index contributed by atoms with van der Waals surface area (Å²) in [5.74, 6) is 0.365. The third-order valence-corrected chi connectivity index (χ3v) is 1.25. The van der Waals surface area contributed by atoms with Crippen LogP contribution in [0.3, 0.4) is 0 Å². The predicted octanol–water partition coefficient (Wildman–Crippen LogP) is 2.76. The van der Waals surface area contributed by atoms with Gasteiger partial charge >= 0.3 is 6.16 Å². The van der Waals surface area contributed by atoms with Crippen molar-refractivity contribution in [2.45, 2.75) is 33.6 Å². The summed E-state index contributed by atoms with van der Waals surface area (Å²) in [6.07, 6.45) is 1.38. The SMILES string of the molecule is CCCCOC(=O)OCC(C)C.N. The van der Waals surface area contributed by atoms with E-state index < -0.39 is 6.16 Å². The number of carbonyl (C=O) groups excluding carboxylic acids is 1. The van der Waals surface area contributed by atoms with Gasteiger partial charge in [0.1, 0.15) is 0 Å². The third-order valence-electron chi connectivity index (χ3n) is 1.25. The fourth-order valence-corrected chi connectivity index (χ4v) is 0.576. The minimum Gasteiger partial charge on any atom is -0.434 e. The molecule has 0 heterocycles. The van der Waals surface area contributed by atoms with Crippen molar-refractivity contribution >= 4 is 6.16 Å². The van der Waals surface area contributed by atoms with Crippen molar-refractivity contribution in [1.29, 1.82) is 0 Å². The Bertz CT molecular complexity index is 126. The van der Waals surface area contributed by atoms with E-state index in [2.05, 4.69) is 0 Å². The molecule has 3 N–H and O–H groups in total. The molecule has 0 unspecified atom stereocenters. The van der Waals surface area contributed by atoms with Gasteiger partial charge in [-0.05, 0) is 12.3 Å². The van der Waals surface area contributed by atoms with Crippen LogP contribution in [0.1, 0.15) is 33.6 Å². The van der Waals surface area contributed by atoms with Crippen molar-refractivity contribution in [3.05, 3.63) is 0 Å². The molecule has 0 aromatic heterocycles. The molecule has 0 aliphatic rings. The summed E-state index contributed by atoms with van der Waals surface area (Å²) in [6.45, 7) is 6.92. The Morgan fingerprint density at radius 2 is 1.92 bits per heavy atom. The highest BCUT2D eigenvalue weighted by Crippen LogP contribution is 1.96. The minimum atomic E-state index is -0.544. The first-order chi connectivity index (χ1) is 5.66. The van der Waals surface area contributed by atoms with Crippen LogP contribution in [0.4, 0.5) is 4.79 Å². The summed E-state index contributed by atoms with van der Waals surface area (Å²) in [7, 11) is 0. The van der Waals surface area contributed by atoms with E-state index in [1.807, 2.05) is 20.8 Å². The van der Waals surface area contributed by atoms with E-state index in [0.717, 1.165) is 12.8 Å². The highest BCUT2D eigenvalue weighted by atomic mass is 16.7. The maximum absolute atomic E-state index is 10.8. The molecule has 0 aliphatic heterocycles. The number of ether oxygens (including phenoxy) is 2. The largest absolute Gasteiger partial charge is 0.508 e. The van der Waals surface area contributed by atoms with Gasteiger partial charge in [0.15, 0.2) is 0 Å². The van der Waals surface area contributed by atoms with Crippen LogP contribution in [-0.2, 0) is 9.47 Å². The first kappa shape index (κ1) is 14.7. The normalized spacial score (nSPS) is 9.23. The van der Waals surface area contributed by atoms with Crippen LogP contribution >= 0.6 is 0 Å². The highest BCUT2D eigenvalue weighted by molar-refractivity contribution is 5.59. The zero-order valence-electron chi connectivity index (χ0n) is 8.84. The zero-order chi connectivity index (χ0) is 9.40. The number of unbranched alkanes of at least 4 members (excludes halogenated alkanes) is 1. The van der Waals surface area contributed by atoms with E-state index in [0.29, 0.717) is 19.1 Å². The Morgan fingerprint density at radius 1 is 1.31 bits per heavy atom. The third kappa shape index (κ3) is 11.2. The van der Waals surface area contributed by atoms with Crippen LogP contribution in [0.25, 0.3) is 0 Å². The van der Waals surface area contributed by atoms with Gasteiger partial charge in [0.2, 0.25) is 0 Å².